The van der Waals surface area contributed by atoms with Crippen molar-refractivity contribution in [3.05, 3.63) is 47.8 Å². The van der Waals surface area contributed by atoms with Crippen LogP contribution in [0.15, 0.2) is 36.7 Å². The summed E-state index contributed by atoms with van der Waals surface area (Å²) in [5.74, 6) is 0.275. The van der Waals surface area contributed by atoms with Crippen molar-refractivity contribution in [3.63, 3.8) is 0 Å². The molecule has 0 aliphatic carbocycles. The highest BCUT2D eigenvalue weighted by atomic mass is 16.2. The largest absolute Gasteiger partial charge is 0.330 e. The number of fused-ring (bicyclic) bond motifs is 1. The lowest BCUT2D eigenvalue weighted by atomic mass is 9.99. The van der Waals surface area contributed by atoms with Gasteiger partial charge < -0.3 is 9.80 Å². The van der Waals surface area contributed by atoms with E-state index in [2.05, 4.69) is 28.7 Å². The van der Waals surface area contributed by atoms with Gasteiger partial charge in [0.15, 0.2) is 6.67 Å². The monoisotopic (exact) mass is 366 g/mol. The van der Waals surface area contributed by atoms with Gasteiger partial charge in [0.2, 0.25) is 5.95 Å². The Morgan fingerprint density at radius 1 is 1.11 bits per heavy atom. The third-order valence-electron chi connectivity index (χ3n) is 5.35. The minimum atomic E-state index is -0.410. The number of amides is 1. The number of rotatable bonds is 4. The first kappa shape index (κ1) is 17.6. The van der Waals surface area contributed by atoms with Crippen molar-refractivity contribution in [2.75, 3.05) is 42.6 Å². The molecule has 1 saturated heterocycles. The first-order valence-electron chi connectivity index (χ1n) is 9.40. The lowest BCUT2D eigenvalue weighted by Crippen LogP contribution is -3.16. The number of carbonyl (C=O) groups excluding carboxylic acids is 2. The summed E-state index contributed by atoms with van der Waals surface area (Å²) in [6, 6.07) is 7.62. The highest BCUT2D eigenvalue weighted by Crippen LogP contribution is 2.31. The van der Waals surface area contributed by atoms with E-state index in [0.717, 1.165) is 43.4 Å². The highest BCUT2D eigenvalue weighted by molar-refractivity contribution is 6.52. The SMILES string of the molecule is CC(C)c1ccc2c(c1)C(=O)C(=O)N2C[NH+]1CCN(c2ncccn2)CC1. The Bertz CT molecular complexity index is 860. The van der Waals surface area contributed by atoms with E-state index in [0.29, 0.717) is 18.2 Å². The van der Waals surface area contributed by atoms with Crippen molar-refractivity contribution in [1.82, 2.24) is 9.97 Å². The number of carbonyl (C=O) groups is 2. The summed E-state index contributed by atoms with van der Waals surface area (Å²) < 4.78 is 0. The molecule has 2 aromatic rings. The zero-order valence-electron chi connectivity index (χ0n) is 15.7. The summed E-state index contributed by atoms with van der Waals surface area (Å²) in [7, 11) is 0. The molecule has 4 rings (SSSR count). The number of piperazine rings is 1. The predicted molar refractivity (Wildman–Crippen MR) is 102 cm³/mol. The average Bonchev–Trinajstić information content (AvgIpc) is 2.93. The maximum absolute atomic E-state index is 12.5. The lowest BCUT2D eigenvalue weighted by Gasteiger charge is -2.33. The molecule has 1 aromatic heterocycles. The molecule has 0 unspecified atom stereocenters. The topological polar surface area (TPSA) is 70.8 Å². The molecule has 0 atom stereocenters. The summed E-state index contributed by atoms with van der Waals surface area (Å²) >= 11 is 0. The van der Waals surface area contributed by atoms with Gasteiger partial charge in [0.25, 0.3) is 5.78 Å². The maximum Gasteiger partial charge on any atom is 0.303 e. The van der Waals surface area contributed by atoms with Gasteiger partial charge in [-0.1, -0.05) is 19.9 Å². The molecule has 1 fully saturated rings. The lowest BCUT2D eigenvalue weighted by molar-refractivity contribution is -0.899. The molecular formula is C20H24N5O2+. The van der Waals surface area contributed by atoms with Crippen molar-refractivity contribution in [3.8, 4) is 0 Å². The normalized spacial score (nSPS) is 17.7. The molecule has 7 heteroatoms. The summed E-state index contributed by atoms with van der Waals surface area (Å²) in [6.07, 6.45) is 3.50. The van der Waals surface area contributed by atoms with Gasteiger partial charge in [-0.2, -0.15) is 0 Å². The van der Waals surface area contributed by atoms with Crippen molar-refractivity contribution in [2.24, 2.45) is 0 Å². The maximum atomic E-state index is 12.5. The van der Waals surface area contributed by atoms with Crippen LogP contribution in [0, 0.1) is 0 Å². The summed E-state index contributed by atoms with van der Waals surface area (Å²) in [5.41, 5.74) is 2.37. The summed E-state index contributed by atoms with van der Waals surface area (Å²) in [4.78, 5) is 38.7. The van der Waals surface area contributed by atoms with Gasteiger partial charge in [0.05, 0.1) is 37.4 Å². The molecule has 1 aromatic carbocycles. The van der Waals surface area contributed by atoms with Gasteiger partial charge in [-0.25, -0.2) is 9.97 Å². The fourth-order valence-electron chi connectivity index (χ4n) is 3.69. The van der Waals surface area contributed by atoms with E-state index in [4.69, 9.17) is 0 Å². The van der Waals surface area contributed by atoms with Crippen LogP contribution in [0.2, 0.25) is 0 Å². The van der Waals surface area contributed by atoms with Crippen LogP contribution in [0.25, 0.3) is 0 Å². The first-order chi connectivity index (χ1) is 13.0. The van der Waals surface area contributed by atoms with E-state index in [1.54, 1.807) is 17.3 Å². The number of hydrogen-bond donors (Lipinski definition) is 1. The molecule has 140 valence electrons. The Kier molecular flexibility index (Phi) is 4.61. The van der Waals surface area contributed by atoms with E-state index in [1.165, 1.54) is 4.90 Å². The van der Waals surface area contributed by atoms with Crippen molar-refractivity contribution >= 4 is 23.3 Å². The van der Waals surface area contributed by atoms with Crippen molar-refractivity contribution < 1.29 is 14.5 Å². The van der Waals surface area contributed by atoms with E-state index in [-0.39, 0.29) is 5.78 Å². The van der Waals surface area contributed by atoms with Crippen LogP contribution >= 0.6 is 0 Å². The van der Waals surface area contributed by atoms with Crippen LogP contribution in [0.5, 0.6) is 0 Å². The van der Waals surface area contributed by atoms with E-state index < -0.39 is 5.91 Å². The number of quaternary nitrogens is 1. The Morgan fingerprint density at radius 2 is 1.81 bits per heavy atom. The van der Waals surface area contributed by atoms with E-state index in [1.807, 2.05) is 24.3 Å². The predicted octanol–water partition coefficient (Wildman–Crippen LogP) is 0.492. The number of benzene rings is 1. The molecule has 0 saturated carbocycles. The average molecular weight is 366 g/mol. The van der Waals surface area contributed by atoms with Crippen molar-refractivity contribution in [1.29, 1.82) is 0 Å². The Balaban J connectivity index is 1.45. The Morgan fingerprint density at radius 3 is 2.48 bits per heavy atom. The molecular weight excluding hydrogens is 342 g/mol. The molecule has 0 spiro atoms. The fourth-order valence-corrected chi connectivity index (χ4v) is 3.69. The van der Waals surface area contributed by atoms with Gasteiger partial charge in [-0.05, 0) is 29.7 Å². The minimum Gasteiger partial charge on any atom is -0.330 e. The summed E-state index contributed by atoms with van der Waals surface area (Å²) in [6.45, 7) is 8.08. The van der Waals surface area contributed by atoms with Gasteiger partial charge in [-0.15, -0.1) is 0 Å². The number of Topliss-reactive ketones (excluding diaryl/α,β-unsaturated/α-hetero) is 1. The van der Waals surface area contributed by atoms with Gasteiger partial charge in [0.1, 0.15) is 0 Å². The van der Waals surface area contributed by atoms with Crippen LogP contribution in [0.1, 0.15) is 35.7 Å². The third-order valence-corrected chi connectivity index (χ3v) is 5.35. The molecule has 2 aliphatic rings. The molecule has 3 heterocycles. The number of anilines is 2. The zero-order chi connectivity index (χ0) is 19.0. The number of hydrogen-bond acceptors (Lipinski definition) is 5. The molecule has 2 aliphatic heterocycles. The van der Waals surface area contributed by atoms with Gasteiger partial charge >= 0.3 is 5.91 Å². The molecule has 0 bridgehead atoms. The molecule has 1 N–H and O–H groups in total. The van der Waals surface area contributed by atoms with E-state index >= 15 is 0 Å². The number of aromatic nitrogens is 2. The number of nitrogens with one attached hydrogen (secondary N) is 1. The second-order valence-corrected chi connectivity index (χ2v) is 7.44. The van der Waals surface area contributed by atoms with Crippen LogP contribution in [-0.2, 0) is 4.79 Å². The Hall–Kier alpha value is -2.80. The Labute approximate surface area is 158 Å². The van der Waals surface area contributed by atoms with Crippen LogP contribution in [-0.4, -0.2) is 54.5 Å². The van der Waals surface area contributed by atoms with Crippen LogP contribution < -0.4 is 14.7 Å². The number of nitrogens with zero attached hydrogens (tertiary/aromatic N) is 4. The fraction of sp³-hybridized carbons (Fsp3) is 0.400. The quantitative estimate of drug-likeness (QED) is 0.798. The van der Waals surface area contributed by atoms with Crippen molar-refractivity contribution in [2.45, 2.75) is 19.8 Å². The zero-order valence-corrected chi connectivity index (χ0v) is 15.7. The second-order valence-electron chi connectivity index (χ2n) is 7.44. The van der Waals surface area contributed by atoms with E-state index in [9.17, 15) is 9.59 Å². The first-order valence-corrected chi connectivity index (χ1v) is 9.40. The standard InChI is InChI=1S/C20H23N5O2/c1-14(2)15-4-5-17-16(12-15)18(26)19(27)25(17)13-23-8-10-24(11-9-23)20-21-6-3-7-22-20/h3-7,12,14H,8-11,13H2,1-2H3/p+1. The van der Waals surface area contributed by atoms with Gasteiger partial charge in [-0.3, -0.25) is 14.5 Å². The second kappa shape index (κ2) is 7.08. The third kappa shape index (κ3) is 3.30. The smallest absolute Gasteiger partial charge is 0.303 e. The molecule has 7 nitrogen and oxygen atoms in total. The number of ketones is 1. The molecule has 27 heavy (non-hydrogen) atoms. The minimum absolute atomic E-state index is 0.325. The molecule has 1 amide bonds. The van der Waals surface area contributed by atoms with Gasteiger partial charge in [0, 0.05) is 12.4 Å². The summed E-state index contributed by atoms with van der Waals surface area (Å²) in [5, 5.41) is 0. The van der Waals surface area contributed by atoms with Crippen LogP contribution in [0.3, 0.4) is 0 Å². The highest BCUT2D eigenvalue weighted by Gasteiger charge is 2.38. The van der Waals surface area contributed by atoms with Crippen LogP contribution in [0.4, 0.5) is 11.6 Å². The molecule has 0 radical (unpaired) electrons.